The van der Waals surface area contributed by atoms with Gasteiger partial charge in [0.2, 0.25) is 5.91 Å². The standard InChI is InChI=1S/C22H19F4N3O2/c23-15-3-12(4-16(24)5-15)19-1-2-28-29(19)21(30)22-7-13(8-22)14(9-22)11-31-20-18(26)6-17(25)10-27-20/h2-6,10,13-14,19H,1,7-9,11H2. The van der Waals surface area contributed by atoms with Crippen LogP contribution in [0.2, 0.25) is 0 Å². The van der Waals surface area contributed by atoms with E-state index in [1.165, 1.54) is 17.1 Å². The molecule has 9 heteroatoms. The minimum atomic E-state index is -0.868. The zero-order valence-corrected chi connectivity index (χ0v) is 16.4. The number of hydrogen-bond acceptors (Lipinski definition) is 4. The Morgan fingerprint density at radius 2 is 1.81 bits per heavy atom. The Bertz CT molecular complexity index is 1050. The van der Waals surface area contributed by atoms with E-state index in [4.69, 9.17) is 4.74 Å². The van der Waals surface area contributed by atoms with Crippen LogP contribution in [0.5, 0.6) is 5.88 Å². The maximum absolute atomic E-state index is 13.7. The molecule has 1 aromatic heterocycles. The first-order valence-electron chi connectivity index (χ1n) is 10.1. The first kappa shape index (κ1) is 20.0. The summed E-state index contributed by atoms with van der Waals surface area (Å²) >= 11 is 0. The van der Waals surface area contributed by atoms with Crippen molar-refractivity contribution in [1.29, 1.82) is 0 Å². The molecule has 0 radical (unpaired) electrons. The van der Waals surface area contributed by atoms with Gasteiger partial charge < -0.3 is 4.74 Å². The average Bonchev–Trinajstić information content (AvgIpc) is 3.39. The highest BCUT2D eigenvalue weighted by molar-refractivity contribution is 5.86. The zero-order chi connectivity index (χ0) is 21.8. The summed E-state index contributed by atoms with van der Waals surface area (Å²) in [5.41, 5.74) is -0.231. The van der Waals surface area contributed by atoms with Gasteiger partial charge in [0.1, 0.15) is 17.5 Å². The number of hydrazone groups is 1. The molecule has 162 valence electrons. The van der Waals surface area contributed by atoms with Crippen molar-refractivity contribution in [2.45, 2.75) is 31.7 Å². The van der Waals surface area contributed by atoms with E-state index in [0.717, 1.165) is 12.3 Å². The molecule has 3 aliphatic carbocycles. The van der Waals surface area contributed by atoms with Crippen molar-refractivity contribution in [2.24, 2.45) is 22.4 Å². The van der Waals surface area contributed by atoms with Gasteiger partial charge in [-0.15, -0.1) is 0 Å². The molecule has 1 aliphatic heterocycles. The van der Waals surface area contributed by atoms with Gasteiger partial charge in [-0.2, -0.15) is 5.10 Å². The smallest absolute Gasteiger partial charge is 0.250 e. The summed E-state index contributed by atoms with van der Waals surface area (Å²) in [5, 5.41) is 5.54. The fourth-order valence-corrected chi connectivity index (χ4v) is 5.16. The number of hydrogen-bond donors (Lipinski definition) is 0. The molecule has 1 aromatic carbocycles. The number of carbonyl (C=O) groups is 1. The molecule has 2 bridgehead atoms. The molecular formula is C22H19F4N3O2. The fraction of sp³-hybridized carbons (Fsp3) is 0.409. The molecule has 2 aromatic rings. The summed E-state index contributed by atoms with van der Waals surface area (Å²) in [7, 11) is 0. The van der Waals surface area contributed by atoms with Crippen LogP contribution in [-0.2, 0) is 4.79 Å². The number of fused-ring (bicyclic) bond motifs is 1. The number of amides is 1. The lowest BCUT2D eigenvalue weighted by Gasteiger charge is -2.40. The second-order valence-electron chi connectivity index (χ2n) is 8.57. The molecule has 0 N–H and O–H groups in total. The molecule has 2 atom stereocenters. The van der Waals surface area contributed by atoms with Gasteiger partial charge in [-0.1, -0.05) is 0 Å². The number of ether oxygens (including phenoxy) is 1. The van der Waals surface area contributed by atoms with Gasteiger partial charge in [0.15, 0.2) is 5.82 Å². The van der Waals surface area contributed by atoms with E-state index < -0.39 is 34.7 Å². The van der Waals surface area contributed by atoms with Gasteiger partial charge >= 0.3 is 0 Å². The van der Waals surface area contributed by atoms with Crippen LogP contribution in [0.4, 0.5) is 17.6 Å². The third kappa shape index (κ3) is 3.45. The molecule has 31 heavy (non-hydrogen) atoms. The Morgan fingerprint density at radius 1 is 1.06 bits per heavy atom. The van der Waals surface area contributed by atoms with E-state index in [-0.39, 0.29) is 30.2 Å². The summed E-state index contributed by atoms with van der Waals surface area (Å²) in [5.74, 6) is -3.18. The van der Waals surface area contributed by atoms with Crippen LogP contribution in [0.25, 0.3) is 0 Å². The molecule has 2 unspecified atom stereocenters. The van der Waals surface area contributed by atoms with E-state index in [1.54, 1.807) is 6.21 Å². The highest BCUT2D eigenvalue weighted by Gasteiger charge is 2.62. The largest absolute Gasteiger partial charge is 0.475 e. The van der Waals surface area contributed by atoms with E-state index in [0.29, 0.717) is 37.3 Å². The van der Waals surface area contributed by atoms with Crippen LogP contribution in [0.3, 0.4) is 0 Å². The summed E-state index contributed by atoms with van der Waals surface area (Å²) in [6.07, 6.45) is 4.73. The normalized spacial score (nSPS) is 28.6. The number of benzene rings is 1. The van der Waals surface area contributed by atoms with Crippen LogP contribution >= 0.6 is 0 Å². The Labute approximate surface area is 175 Å². The maximum atomic E-state index is 13.7. The lowest BCUT2D eigenvalue weighted by Crippen LogP contribution is -2.45. The van der Waals surface area contributed by atoms with E-state index in [2.05, 4.69) is 10.1 Å². The molecule has 3 saturated carbocycles. The molecule has 1 amide bonds. The van der Waals surface area contributed by atoms with Gasteiger partial charge in [-0.25, -0.2) is 27.6 Å². The Balaban J connectivity index is 1.27. The van der Waals surface area contributed by atoms with Gasteiger partial charge in [0.25, 0.3) is 5.88 Å². The molecule has 2 heterocycles. The van der Waals surface area contributed by atoms with Crippen LogP contribution in [-0.4, -0.2) is 28.7 Å². The second-order valence-corrected chi connectivity index (χ2v) is 8.57. The molecule has 4 aliphatic rings. The first-order chi connectivity index (χ1) is 14.8. The predicted octanol–water partition coefficient (Wildman–Crippen LogP) is 4.39. The average molecular weight is 433 g/mol. The van der Waals surface area contributed by atoms with Crippen LogP contribution in [0, 0.1) is 40.5 Å². The van der Waals surface area contributed by atoms with Crippen molar-refractivity contribution >= 4 is 12.1 Å². The summed E-state index contributed by atoms with van der Waals surface area (Å²) in [6.45, 7) is 0.178. The third-order valence-corrected chi connectivity index (χ3v) is 6.59. The minimum absolute atomic E-state index is 0.0341. The third-order valence-electron chi connectivity index (χ3n) is 6.59. The van der Waals surface area contributed by atoms with Crippen molar-refractivity contribution in [3.05, 3.63) is 59.3 Å². The number of aromatic nitrogens is 1. The number of nitrogens with zero attached hydrogens (tertiary/aromatic N) is 3. The molecule has 0 saturated heterocycles. The number of carbonyl (C=O) groups excluding carboxylic acids is 1. The lowest BCUT2D eigenvalue weighted by molar-refractivity contribution is -0.148. The Hall–Kier alpha value is -2.97. The lowest BCUT2D eigenvalue weighted by atomic mass is 9.68. The first-order valence-corrected chi connectivity index (χ1v) is 10.1. The van der Waals surface area contributed by atoms with Crippen molar-refractivity contribution in [3.63, 3.8) is 0 Å². The van der Waals surface area contributed by atoms with Gasteiger partial charge in [0.05, 0.1) is 24.3 Å². The second kappa shape index (κ2) is 7.32. The zero-order valence-electron chi connectivity index (χ0n) is 16.4. The summed E-state index contributed by atoms with van der Waals surface area (Å²) in [4.78, 5) is 17.0. The number of halogens is 4. The molecule has 0 spiro atoms. The number of rotatable bonds is 5. The maximum Gasteiger partial charge on any atom is 0.250 e. The van der Waals surface area contributed by atoms with Gasteiger partial charge in [0, 0.05) is 24.8 Å². The molecule has 6 rings (SSSR count). The highest BCUT2D eigenvalue weighted by atomic mass is 19.1. The van der Waals surface area contributed by atoms with Crippen LogP contribution < -0.4 is 4.74 Å². The Kier molecular flexibility index (Phi) is 4.71. The highest BCUT2D eigenvalue weighted by Crippen LogP contribution is 2.63. The van der Waals surface area contributed by atoms with Crippen molar-refractivity contribution in [3.8, 4) is 5.88 Å². The summed E-state index contributed by atoms with van der Waals surface area (Å²) < 4.78 is 59.5. The predicted molar refractivity (Wildman–Crippen MR) is 102 cm³/mol. The van der Waals surface area contributed by atoms with E-state index in [9.17, 15) is 22.4 Å². The molecular weight excluding hydrogens is 414 g/mol. The Morgan fingerprint density at radius 3 is 2.52 bits per heavy atom. The van der Waals surface area contributed by atoms with Crippen molar-refractivity contribution < 1.29 is 27.1 Å². The van der Waals surface area contributed by atoms with Crippen LogP contribution in [0.1, 0.15) is 37.3 Å². The summed E-state index contributed by atoms with van der Waals surface area (Å²) in [6, 6.07) is 3.40. The molecule has 3 fully saturated rings. The van der Waals surface area contributed by atoms with Gasteiger partial charge in [-0.05, 0) is 48.8 Å². The quantitative estimate of drug-likeness (QED) is 0.658. The topological polar surface area (TPSA) is 54.8 Å². The van der Waals surface area contributed by atoms with Crippen molar-refractivity contribution in [1.82, 2.24) is 9.99 Å². The fourth-order valence-electron chi connectivity index (χ4n) is 5.16. The van der Waals surface area contributed by atoms with E-state index in [1.807, 2.05) is 0 Å². The number of pyridine rings is 1. The van der Waals surface area contributed by atoms with Crippen LogP contribution in [0.15, 0.2) is 35.6 Å². The van der Waals surface area contributed by atoms with E-state index >= 15 is 0 Å². The minimum Gasteiger partial charge on any atom is -0.475 e. The van der Waals surface area contributed by atoms with Gasteiger partial charge in [-0.3, -0.25) is 4.79 Å². The SMILES string of the molecule is O=C(N1N=CCC1c1cc(F)cc(F)c1)C12CC(COc3ncc(F)cc3F)C(C1)C2. The monoisotopic (exact) mass is 433 g/mol. The van der Waals surface area contributed by atoms with Crippen molar-refractivity contribution in [2.75, 3.05) is 6.61 Å². The molecule has 5 nitrogen and oxygen atoms in total.